The van der Waals surface area contributed by atoms with Gasteiger partial charge in [0.05, 0.1) is 0 Å². The van der Waals surface area contributed by atoms with Crippen molar-refractivity contribution in [2.75, 3.05) is 0 Å². The van der Waals surface area contributed by atoms with Gasteiger partial charge in [-0.1, -0.05) is 0 Å². The predicted octanol–water partition coefficient (Wildman–Crippen LogP) is 5.56. The summed E-state index contributed by atoms with van der Waals surface area (Å²) >= 11 is -6.68. The third kappa shape index (κ3) is 3.14. The Kier molecular flexibility index (Phi) is 5.29. The summed E-state index contributed by atoms with van der Waals surface area (Å²) in [6.45, 7) is 2.22. The van der Waals surface area contributed by atoms with Gasteiger partial charge in [0.2, 0.25) is 0 Å². The number of rotatable bonds is 0. The average molecular weight is 585 g/mol. The second-order valence-electron chi connectivity index (χ2n) is 8.27. The molecule has 0 amide bonds. The van der Waals surface area contributed by atoms with Crippen LogP contribution in [-0.2, 0) is 18.7 Å². The van der Waals surface area contributed by atoms with Crippen molar-refractivity contribution in [1.29, 1.82) is 0 Å². The van der Waals surface area contributed by atoms with Gasteiger partial charge in [0.15, 0.2) is 0 Å². The van der Waals surface area contributed by atoms with Gasteiger partial charge in [0.25, 0.3) is 0 Å². The van der Waals surface area contributed by atoms with Gasteiger partial charge < -0.3 is 0 Å². The van der Waals surface area contributed by atoms with Crippen molar-refractivity contribution >= 4 is 22.7 Å². The first-order chi connectivity index (χ1) is 15.7. The first-order valence-corrected chi connectivity index (χ1v) is 13.4. The fourth-order valence-corrected chi connectivity index (χ4v) is 13.2. The van der Waals surface area contributed by atoms with Crippen molar-refractivity contribution in [3.05, 3.63) is 58.7 Å². The van der Waals surface area contributed by atoms with Crippen LogP contribution in [0.3, 0.4) is 0 Å². The van der Waals surface area contributed by atoms with E-state index < -0.39 is 69.8 Å². The molecule has 2 aromatic carbocycles. The molecule has 4 rings (SSSR count). The Morgan fingerprint density at radius 2 is 0.829 bits per heavy atom. The third-order valence-corrected chi connectivity index (χ3v) is 13.3. The van der Waals surface area contributed by atoms with Gasteiger partial charge in [-0.2, -0.15) is 0 Å². The zero-order valence-corrected chi connectivity index (χ0v) is 19.4. The second-order valence-corrected chi connectivity index (χ2v) is 14.0. The quantitative estimate of drug-likeness (QED) is 0.298. The topological polar surface area (TPSA) is 18.5 Å². The maximum atomic E-state index is 14.1. The molecule has 0 N–H and O–H groups in total. The Morgan fingerprint density at radius 3 is 1.09 bits per heavy atom. The van der Waals surface area contributed by atoms with E-state index in [1.807, 2.05) is 0 Å². The van der Waals surface area contributed by atoms with Gasteiger partial charge in [-0.3, -0.25) is 0 Å². The van der Waals surface area contributed by atoms with E-state index in [4.69, 9.17) is 0 Å². The summed E-state index contributed by atoms with van der Waals surface area (Å²) in [6.07, 6.45) is -25.2. The molecular weight excluding hydrogens is 573 g/mol. The van der Waals surface area contributed by atoms with Crippen LogP contribution >= 0.6 is 0 Å². The van der Waals surface area contributed by atoms with Crippen LogP contribution in [0.1, 0.15) is 22.3 Å². The minimum atomic E-state index is -6.68. The fraction of sp³-hybridized carbons (Fsp3) is 0.400. The molecule has 1 spiro atoms. The first-order valence-electron chi connectivity index (χ1n) is 9.56. The zero-order valence-electron chi connectivity index (χ0n) is 17.3. The number of hydrogen-bond acceptors (Lipinski definition) is 2. The molecule has 2 nitrogen and oxygen atoms in total. The standard InChI is InChI=1S/C20H12F12GeO2/c1-9-3-5-13-11(7-9)15(17(21,22)23,18(24,25)26)34-33(13)14-6-4-10(2)8-12(14)16(35-33,19(27,28)29)20(30,31)32/h3-8H,1-2H3. The van der Waals surface area contributed by atoms with Crippen LogP contribution in [0.15, 0.2) is 36.4 Å². The van der Waals surface area contributed by atoms with Crippen LogP contribution in [0.2, 0.25) is 0 Å². The van der Waals surface area contributed by atoms with Crippen molar-refractivity contribution in [1.82, 2.24) is 0 Å². The molecular formula is C20H12F12GeO2. The van der Waals surface area contributed by atoms with Crippen molar-refractivity contribution in [2.45, 2.75) is 49.8 Å². The summed E-state index contributed by atoms with van der Waals surface area (Å²) in [5.74, 6) is 0. The number of benzene rings is 2. The molecule has 192 valence electrons. The van der Waals surface area contributed by atoms with Crippen molar-refractivity contribution in [3.8, 4) is 0 Å². The molecule has 0 bridgehead atoms. The molecule has 0 unspecified atom stereocenters. The molecule has 15 heteroatoms. The predicted molar refractivity (Wildman–Crippen MR) is 97.1 cm³/mol. The second kappa shape index (κ2) is 7.09. The maximum absolute atomic E-state index is 14.1. The van der Waals surface area contributed by atoms with Crippen LogP contribution in [0, 0.1) is 13.8 Å². The van der Waals surface area contributed by atoms with E-state index in [0.29, 0.717) is 24.3 Å². The number of hydrogen-bond donors (Lipinski definition) is 0. The number of halogens is 12. The molecule has 0 atom stereocenters. The SMILES string of the molecule is Cc1cc[c]2c(c1)C(C(F)(F)F)(C(F)(F)F)[O][Ge]21[O]C(C(F)(F)F)(C(F)(F)F)c2cc(C)cc[c]21. The summed E-state index contributed by atoms with van der Waals surface area (Å²) in [7, 11) is 0. The molecule has 35 heavy (non-hydrogen) atoms. The van der Waals surface area contributed by atoms with E-state index in [2.05, 4.69) is 7.53 Å². The van der Waals surface area contributed by atoms with Crippen molar-refractivity contribution in [3.63, 3.8) is 0 Å². The van der Waals surface area contributed by atoms with Crippen LogP contribution in [0.5, 0.6) is 0 Å². The van der Waals surface area contributed by atoms with E-state index in [9.17, 15) is 52.7 Å². The summed E-state index contributed by atoms with van der Waals surface area (Å²) < 4.78 is 177. The van der Waals surface area contributed by atoms with Crippen LogP contribution in [0.25, 0.3) is 0 Å². The monoisotopic (exact) mass is 586 g/mol. The molecule has 2 aromatic rings. The van der Waals surface area contributed by atoms with E-state index in [1.54, 1.807) is 0 Å². The molecule has 2 aliphatic rings. The van der Waals surface area contributed by atoms with E-state index in [-0.39, 0.29) is 11.1 Å². The Hall–Kier alpha value is -1.94. The molecule has 0 radical (unpaired) electrons. The van der Waals surface area contributed by atoms with Gasteiger partial charge in [-0.15, -0.1) is 0 Å². The van der Waals surface area contributed by atoms with E-state index in [0.717, 1.165) is 26.0 Å². The van der Waals surface area contributed by atoms with E-state index in [1.165, 1.54) is 0 Å². The van der Waals surface area contributed by atoms with Crippen molar-refractivity contribution < 1.29 is 60.2 Å². The molecule has 2 aliphatic heterocycles. The fourth-order valence-electron chi connectivity index (χ4n) is 4.56. The van der Waals surface area contributed by atoms with Crippen molar-refractivity contribution in [2.24, 2.45) is 0 Å². The normalized spacial score (nSPS) is 20.7. The molecule has 0 aliphatic carbocycles. The number of fused-ring (bicyclic) bond motifs is 4. The molecule has 2 heterocycles. The summed E-state index contributed by atoms with van der Waals surface area (Å²) in [5.41, 5.74) is -14.0. The molecule has 0 saturated carbocycles. The van der Waals surface area contributed by atoms with Crippen LogP contribution < -0.4 is 8.79 Å². The van der Waals surface area contributed by atoms with Gasteiger partial charge in [0, 0.05) is 0 Å². The van der Waals surface area contributed by atoms with Gasteiger partial charge in [0.1, 0.15) is 0 Å². The van der Waals surface area contributed by atoms with E-state index >= 15 is 0 Å². The van der Waals surface area contributed by atoms with Gasteiger partial charge in [-0.25, -0.2) is 0 Å². The molecule has 0 saturated heterocycles. The first kappa shape index (κ1) is 26.1. The molecule has 0 aromatic heterocycles. The Morgan fingerprint density at radius 1 is 0.543 bits per heavy atom. The Balaban J connectivity index is 2.19. The number of aryl methyl sites for hydroxylation is 2. The number of alkyl halides is 12. The summed E-state index contributed by atoms with van der Waals surface area (Å²) in [5, 5.41) is 0. The summed E-state index contributed by atoms with van der Waals surface area (Å²) in [6, 6.07) is 3.98. The van der Waals surface area contributed by atoms with Crippen LogP contribution in [-0.4, -0.2) is 38.6 Å². The zero-order chi connectivity index (χ0) is 26.6. The average Bonchev–Trinajstić information content (AvgIpc) is 3.12. The van der Waals surface area contributed by atoms with Crippen LogP contribution in [0.4, 0.5) is 52.7 Å². The minimum absolute atomic E-state index is 0.162. The summed E-state index contributed by atoms with van der Waals surface area (Å²) in [4.78, 5) is 0. The Bertz CT molecular complexity index is 1070. The molecule has 0 fully saturated rings. The Labute approximate surface area is 191 Å². The third-order valence-electron chi connectivity index (χ3n) is 6.01. The van der Waals surface area contributed by atoms with Gasteiger partial charge >= 0.3 is 191 Å². The van der Waals surface area contributed by atoms with Gasteiger partial charge in [-0.05, 0) is 0 Å².